The van der Waals surface area contributed by atoms with Gasteiger partial charge in [0.1, 0.15) is 6.73 Å². The molecule has 0 aliphatic rings. The minimum absolute atomic E-state index is 0.557. The van der Waals surface area contributed by atoms with Crippen molar-refractivity contribution in [1.82, 2.24) is 18.9 Å². The van der Waals surface area contributed by atoms with Crippen LogP contribution in [0.2, 0.25) is 25.7 Å². The molecule has 0 atom stereocenters. The maximum Gasteiger partial charge on any atom is 0.158 e. The molecule has 0 N–H and O–H groups in total. The molecule has 3 heterocycles. The number of hydrogen-bond donors (Lipinski definition) is 0. The SMILES string of the molecule is C[Si](C)(C)CCOCn1ccc2c1ncc1cncn12. The molecule has 0 aromatic carbocycles. The lowest BCUT2D eigenvalue weighted by Crippen LogP contribution is -2.22. The zero-order valence-electron chi connectivity index (χ0n) is 12.2. The van der Waals surface area contributed by atoms with Gasteiger partial charge >= 0.3 is 0 Å². The number of fused-ring (bicyclic) bond motifs is 3. The van der Waals surface area contributed by atoms with Crippen LogP contribution in [-0.4, -0.2) is 33.6 Å². The van der Waals surface area contributed by atoms with Gasteiger partial charge in [0, 0.05) is 20.9 Å². The van der Waals surface area contributed by atoms with E-state index < -0.39 is 8.07 Å². The van der Waals surface area contributed by atoms with E-state index in [4.69, 9.17) is 4.74 Å². The average molecular weight is 288 g/mol. The Kier molecular flexibility index (Phi) is 3.35. The van der Waals surface area contributed by atoms with E-state index in [-0.39, 0.29) is 0 Å². The largest absolute Gasteiger partial charge is 0.361 e. The molecular weight excluding hydrogens is 268 g/mol. The highest BCUT2D eigenvalue weighted by Crippen LogP contribution is 2.16. The Hall–Kier alpha value is -1.66. The first kappa shape index (κ1) is 13.3. The standard InChI is InChI=1S/C14H20N4OSi/c1-20(2,3)7-6-19-11-17-5-4-13-14(17)16-9-12-8-15-10-18(12)13/h4-5,8-10H,6-7,11H2,1-3H3. The third-order valence-corrected chi connectivity index (χ3v) is 5.09. The van der Waals surface area contributed by atoms with E-state index in [1.54, 1.807) is 0 Å². The fourth-order valence-corrected chi connectivity index (χ4v) is 2.91. The van der Waals surface area contributed by atoms with Crippen LogP contribution in [0.25, 0.3) is 16.7 Å². The van der Waals surface area contributed by atoms with Gasteiger partial charge in [-0.05, 0) is 12.1 Å². The second-order valence-electron chi connectivity index (χ2n) is 6.29. The van der Waals surface area contributed by atoms with Gasteiger partial charge in [-0.3, -0.25) is 4.40 Å². The fraction of sp³-hybridized carbons (Fsp3) is 0.429. The van der Waals surface area contributed by atoms with Crippen LogP contribution in [0.1, 0.15) is 0 Å². The van der Waals surface area contributed by atoms with Crippen molar-refractivity contribution in [3.8, 4) is 0 Å². The van der Waals surface area contributed by atoms with Gasteiger partial charge in [0.15, 0.2) is 5.65 Å². The summed E-state index contributed by atoms with van der Waals surface area (Å²) in [6.45, 7) is 8.46. The van der Waals surface area contributed by atoms with Crippen molar-refractivity contribution in [3.05, 3.63) is 31.0 Å². The Morgan fingerprint density at radius 3 is 2.90 bits per heavy atom. The molecule has 0 aliphatic carbocycles. The van der Waals surface area contributed by atoms with Crippen molar-refractivity contribution in [1.29, 1.82) is 0 Å². The summed E-state index contributed by atoms with van der Waals surface area (Å²) in [5.74, 6) is 0. The topological polar surface area (TPSA) is 44.3 Å². The molecule has 0 fully saturated rings. The first-order chi connectivity index (χ1) is 9.54. The molecule has 0 amide bonds. The smallest absolute Gasteiger partial charge is 0.158 e. The highest BCUT2D eigenvalue weighted by Gasteiger charge is 2.12. The first-order valence-corrected chi connectivity index (χ1v) is 10.6. The number of ether oxygens (including phenoxy) is 1. The Labute approximate surface area is 119 Å². The van der Waals surface area contributed by atoms with Crippen molar-refractivity contribution in [2.75, 3.05) is 6.61 Å². The van der Waals surface area contributed by atoms with E-state index in [1.807, 2.05) is 33.9 Å². The van der Waals surface area contributed by atoms with Crippen LogP contribution in [0.15, 0.2) is 31.0 Å². The molecule has 0 saturated heterocycles. The van der Waals surface area contributed by atoms with Crippen molar-refractivity contribution in [3.63, 3.8) is 0 Å². The lowest BCUT2D eigenvalue weighted by atomic mass is 10.5. The van der Waals surface area contributed by atoms with Crippen LogP contribution < -0.4 is 0 Å². The van der Waals surface area contributed by atoms with E-state index >= 15 is 0 Å². The van der Waals surface area contributed by atoms with Gasteiger partial charge < -0.3 is 9.30 Å². The van der Waals surface area contributed by atoms with Gasteiger partial charge in [0.2, 0.25) is 0 Å². The second kappa shape index (κ2) is 5.03. The van der Waals surface area contributed by atoms with Gasteiger partial charge in [-0.25, -0.2) is 9.97 Å². The van der Waals surface area contributed by atoms with Crippen LogP contribution >= 0.6 is 0 Å². The summed E-state index contributed by atoms with van der Waals surface area (Å²) in [5.41, 5.74) is 3.01. The van der Waals surface area contributed by atoms with Crippen molar-refractivity contribution >= 4 is 24.8 Å². The molecule has 3 aromatic heterocycles. The highest BCUT2D eigenvalue weighted by atomic mass is 28.3. The van der Waals surface area contributed by atoms with E-state index in [0.717, 1.165) is 23.3 Å². The van der Waals surface area contributed by atoms with E-state index in [9.17, 15) is 0 Å². The highest BCUT2D eigenvalue weighted by molar-refractivity contribution is 6.76. The molecule has 106 valence electrons. The van der Waals surface area contributed by atoms with Crippen molar-refractivity contribution in [2.24, 2.45) is 0 Å². The van der Waals surface area contributed by atoms with Gasteiger partial charge in [-0.15, -0.1) is 0 Å². The molecule has 0 radical (unpaired) electrons. The summed E-state index contributed by atoms with van der Waals surface area (Å²) in [6.07, 6.45) is 7.49. The maximum atomic E-state index is 5.79. The number of hydrogen-bond acceptors (Lipinski definition) is 3. The Balaban J connectivity index is 1.76. The predicted molar refractivity (Wildman–Crippen MR) is 82.6 cm³/mol. The van der Waals surface area contributed by atoms with Crippen LogP contribution in [-0.2, 0) is 11.5 Å². The Morgan fingerprint density at radius 2 is 2.10 bits per heavy atom. The molecule has 20 heavy (non-hydrogen) atoms. The summed E-state index contributed by atoms with van der Waals surface area (Å²) in [5, 5.41) is 0. The lowest BCUT2D eigenvalue weighted by molar-refractivity contribution is 0.0899. The summed E-state index contributed by atoms with van der Waals surface area (Å²) < 4.78 is 9.87. The molecule has 3 aromatic rings. The Bertz CT molecular complexity index is 726. The average Bonchev–Trinajstić information content (AvgIpc) is 2.99. The van der Waals surface area contributed by atoms with Gasteiger partial charge in [0.05, 0.1) is 29.8 Å². The normalized spacial score (nSPS) is 12.6. The number of nitrogens with zero attached hydrogens (tertiary/aromatic N) is 4. The number of aromatic nitrogens is 4. The Morgan fingerprint density at radius 1 is 1.25 bits per heavy atom. The third-order valence-electron chi connectivity index (χ3n) is 3.39. The molecule has 6 heteroatoms. The molecule has 0 unspecified atom stereocenters. The van der Waals surface area contributed by atoms with E-state index in [1.165, 1.54) is 6.04 Å². The lowest BCUT2D eigenvalue weighted by Gasteiger charge is -2.15. The van der Waals surface area contributed by atoms with Gasteiger partial charge in [-0.1, -0.05) is 19.6 Å². The first-order valence-electron chi connectivity index (χ1n) is 6.88. The monoisotopic (exact) mass is 288 g/mol. The minimum atomic E-state index is -1.02. The van der Waals surface area contributed by atoms with Gasteiger partial charge in [0.25, 0.3) is 0 Å². The van der Waals surface area contributed by atoms with Crippen LogP contribution in [0, 0.1) is 0 Å². The van der Waals surface area contributed by atoms with Crippen molar-refractivity contribution < 1.29 is 4.74 Å². The number of rotatable bonds is 5. The zero-order chi connectivity index (χ0) is 14.2. The fourth-order valence-electron chi connectivity index (χ4n) is 2.16. The molecular formula is C14H20N4OSi. The molecule has 0 aliphatic heterocycles. The van der Waals surface area contributed by atoms with Crippen LogP contribution in [0.3, 0.4) is 0 Å². The minimum Gasteiger partial charge on any atom is -0.361 e. The molecule has 0 spiro atoms. The number of imidazole rings is 1. The summed E-state index contributed by atoms with van der Waals surface area (Å²) in [7, 11) is -1.02. The molecule has 5 nitrogen and oxygen atoms in total. The summed E-state index contributed by atoms with van der Waals surface area (Å²) >= 11 is 0. The predicted octanol–water partition coefficient (Wildman–Crippen LogP) is 3.00. The summed E-state index contributed by atoms with van der Waals surface area (Å²) in [6, 6.07) is 3.24. The zero-order valence-corrected chi connectivity index (χ0v) is 13.2. The van der Waals surface area contributed by atoms with Crippen LogP contribution in [0.5, 0.6) is 0 Å². The summed E-state index contributed by atoms with van der Waals surface area (Å²) in [4.78, 5) is 8.65. The van der Waals surface area contributed by atoms with E-state index in [0.29, 0.717) is 6.73 Å². The van der Waals surface area contributed by atoms with Crippen molar-refractivity contribution in [2.45, 2.75) is 32.4 Å². The van der Waals surface area contributed by atoms with E-state index in [2.05, 4.69) is 35.7 Å². The molecule has 3 rings (SSSR count). The quantitative estimate of drug-likeness (QED) is 0.535. The van der Waals surface area contributed by atoms with Crippen LogP contribution in [0.4, 0.5) is 0 Å². The second-order valence-corrected chi connectivity index (χ2v) is 11.9. The van der Waals surface area contributed by atoms with Gasteiger partial charge in [-0.2, -0.15) is 0 Å². The molecule has 0 saturated carbocycles. The third kappa shape index (κ3) is 2.61. The maximum absolute atomic E-state index is 5.79. The molecule has 0 bridgehead atoms.